The van der Waals surface area contributed by atoms with Crippen LogP contribution in [-0.2, 0) is 15.9 Å². The molecule has 1 aliphatic rings. The van der Waals surface area contributed by atoms with Crippen LogP contribution in [0.15, 0.2) is 16.3 Å². The van der Waals surface area contributed by atoms with Crippen molar-refractivity contribution in [3.05, 3.63) is 17.7 Å². The van der Waals surface area contributed by atoms with Crippen LogP contribution in [0.2, 0.25) is 0 Å². The SMILES string of the molecule is CC=Nc1c(C)ncnc1CCOCC.CN=C(N)NC[C@@H]1CCC(C)O1. The van der Waals surface area contributed by atoms with Crippen molar-refractivity contribution >= 4 is 17.9 Å². The fourth-order valence-electron chi connectivity index (χ4n) is 2.64. The second-order valence-electron chi connectivity index (χ2n) is 6.22. The van der Waals surface area contributed by atoms with Crippen LogP contribution in [-0.4, -0.2) is 61.2 Å². The average molecular weight is 379 g/mol. The molecule has 2 atom stereocenters. The van der Waals surface area contributed by atoms with Gasteiger partial charge in [0.1, 0.15) is 12.0 Å². The minimum absolute atomic E-state index is 0.306. The van der Waals surface area contributed by atoms with Crippen molar-refractivity contribution in [3.8, 4) is 0 Å². The summed E-state index contributed by atoms with van der Waals surface area (Å²) in [7, 11) is 1.67. The Morgan fingerprint density at radius 1 is 1.44 bits per heavy atom. The summed E-state index contributed by atoms with van der Waals surface area (Å²) in [5, 5.41) is 3.00. The van der Waals surface area contributed by atoms with Crippen molar-refractivity contribution in [2.24, 2.45) is 15.7 Å². The smallest absolute Gasteiger partial charge is 0.188 e. The van der Waals surface area contributed by atoms with Gasteiger partial charge in [-0.05, 0) is 40.5 Å². The van der Waals surface area contributed by atoms with E-state index >= 15 is 0 Å². The third-order valence-electron chi connectivity index (χ3n) is 4.10. The third-order valence-corrected chi connectivity index (χ3v) is 4.10. The molecule has 1 aromatic rings. The molecule has 152 valence electrons. The zero-order valence-electron chi connectivity index (χ0n) is 17.2. The molecule has 0 spiro atoms. The van der Waals surface area contributed by atoms with E-state index < -0.39 is 0 Å². The average Bonchev–Trinajstić information content (AvgIpc) is 3.08. The number of aryl methyl sites for hydroxylation is 1. The molecule has 0 saturated carbocycles. The molecule has 1 aliphatic heterocycles. The first-order valence-electron chi connectivity index (χ1n) is 9.50. The van der Waals surface area contributed by atoms with Crippen molar-refractivity contribution < 1.29 is 9.47 Å². The molecule has 3 N–H and O–H groups in total. The first kappa shape index (κ1) is 23.0. The Balaban J connectivity index is 0.000000277. The summed E-state index contributed by atoms with van der Waals surface area (Å²) >= 11 is 0. The van der Waals surface area contributed by atoms with E-state index in [1.807, 2.05) is 20.8 Å². The van der Waals surface area contributed by atoms with Crippen molar-refractivity contribution in [1.29, 1.82) is 0 Å². The number of aliphatic imine (C=N–C) groups is 2. The van der Waals surface area contributed by atoms with E-state index in [1.165, 1.54) is 0 Å². The number of nitrogens with zero attached hydrogens (tertiary/aromatic N) is 4. The summed E-state index contributed by atoms with van der Waals surface area (Å²) < 4.78 is 10.9. The quantitative estimate of drug-likeness (QED) is 0.428. The van der Waals surface area contributed by atoms with Gasteiger partial charge in [0.15, 0.2) is 5.96 Å². The highest BCUT2D eigenvalue weighted by atomic mass is 16.5. The van der Waals surface area contributed by atoms with Crippen LogP contribution in [0.4, 0.5) is 5.69 Å². The molecule has 1 fully saturated rings. The van der Waals surface area contributed by atoms with Crippen LogP contribution in [0.5, 0.6) is 0 Å². The molecule has 8 nitrogen and oxygen atoms in total. The predicted octanol–water partition coefficient (Wildman–Crippen LogP) is 2.17. The van der Waals surface area contributed by atoms with Gasteiger partial charge in [-0.2, -0.15) is 0 Å². The zero-order valence-corrected chi connectivity index (χ0v) is 17.2. The molecule has 8 heteroatoms. The first-order valence-corrected chi connectivity index (χ1v) is 9.50. The van der Waals surface area contributed by atoms with Gasteiger partial charge in [0.05, 0.1) is 30.2 Å². The van der Waals surface area contributed by atoms with Gasteiger partial charge in [-0.1, -0.05) is 0 Å². The molecule has 0 amide bonds. The zero-order chi connectivity index (χ0) is 20.1. The lowest BCUT2D eigenvalue weighted by Crippen LogP contribution is -2.37. The number of aromatic nitrogens is 2. The summed E-state index contributed by atoms with van der Waals surface area (Å²) in [6.45, 7) is 10.1. The predicted molar refractivity (Wildman–Crippen MR) is 110 cm³/mol. The molecule has 2 rings (SSSR count). The van der Waals surface area contributed by atoms with Gasteiger partial charge in [-0.25, -0.2) is 9.97 Å². The van der Waals surface area contributed by atoms with Crippen molar-refractivity contribution in [2.45, 2.75) is 59.2 Å². The maximum atomic E-state index is 5.58. The standard InChI is InChI=1S/C11H17N3O.C8H17N3O/c1-4-12-11-9(3)13-8-14-10(11)6-7-15-5-2;1-6-3-4-7(12-6)5-11-8(9)10-2/h4,8H,5-7H2,1-3H3;6-7H,3-5H2,1-2H3,(H3,9,10,11)/t;6?,7-/m.0/s1. The van der Waals surface area contributed by atoms with Crippen LogP contribution in [0, 0.1) is 6.92 Å². The highest BCUT2D eigenvalue weighted by Gasteiger charge is 2.21. The van der Waals surface area contributed by atoms with Crippen molar-refractivity contribution in [3.63, 3.8) is 0 Å². The van der Waals surface area contributed by atoms with Crippen molar-refractivity contribution in [2.75, 3.05) is 26.8 Å². The fraction of sp³-hybridized carbons (Fsp3) is 0.684. The summed E-state index contributed by atoms with van der Waals surface area (Å²) in [6, 6.07) is 0. The lowest BCUT2D eigenvalue weighted by Gasteiger charge is -2.11. The molecule has 1 aromatic heterocycles. The molecular weight excluding hydrogens is 344 g/mol. The van der Waals surface area contributed by atoms with E-state index in [9.17, 15) is 0 Å². The number of nitrogens with one attached hydrogen (secondary N) is 1. The first-order chi connectivity index (χ1) is 13.0. The molecule has 1 unspecified atom stereocenters. The second kappa shape index (κ2) is 13.2. The molecule has 27 heavy (non-hydrogen) atoms. The van der Waals surface area contributed by atoms with Gasteiger partial charge in [0.2, 0.25) is 0 Å². The summed E-state index contributed by atoms with van der Waals surface area (Å²) in [5.74, 6) is 0.484. The van der Waals surface area contributed by atoms with E-state index in [4.69, 9.17) is 15.2 Å². The molecule has 1 saturated heterocycles. The Morgan fingerprint density at radius 2 is 2.22 bits per heavy atom. The van der Waals surface area contributed by atoms with E-state index in [2.05, 4.69) is 32.2 Å². The Labute approximate surface area is 162 Å². The maximum absolute atomic E-state index is 5.58. The Morgan fingerprint density at radius 3 is 2.81 bits per heavy atom. The molecular formula is C19H34N6O2. The van der Waals surface area contributed by atoms with E-state index in [0.29, 0.717) is 24.8 Å². The summed E-state index contributed by atoms with van der Waals surface area (Å²) in [6.07, 6.45) is 7.09. The van der Waals surface area contributed by atoms with Crippen LogP contribution < -0.4 is 11.1 Å². The summed E-state index contributed by atoms with van der Waals surface area (Å²) in [4.78, 5) is 16.4. The van der Waals surface area contributed by atoms with Gasteiger partial charge in [0.25, 0.3) is 0 Å². The Hall–Kier alpha value is -2.06. The minimum Gasteiger partial charge on any atom is -0.381 e. The second-order valence-corrected chi connectivity index (χ2v) is 6.22. The van der Waals surface area contributed by atoms with Crippen LogP contribution in [0.1, 0.15) is 45.0 Å². The van der Waals surface area contributed by atoms with Crippen LogP contribution in [0.25, 0.3) is 0 Å². The number of nitrogens with two attached hydrogens (primary N) is 1. The minimum atomic E-state index is 0.306. The fourth-order valence-corrected chi connectivity index (χ4v) is 2.64. The summed E-state index contributed by atoms with van der Waals surface area (Å²) in [5.41, 5.74) is 8.21. The number of hydrogen-bond donors (Lipinski definition) is 2. The number of ether oxygens (including phenoxy) is 2. The lowest BCUT2D eigenvalue weighted by atomic mass is 10.2. The molecule has 0 aromatic carbocycles. The van der Waals surface area contributed by atoms with Crippen molar-refractivity contribution in [1.82, 2.24) is 15.3 Å². The number of guanidine groups is 1. The number of hydrogen-bond acceptors (Lipinski definition) is 6. The van der Waals surface area contributed by atoms with Gasteiger partial charge >= 0.3 is 0 Å². The highest BCUT2D eigenvalue weighted by Crippen LogP contribution is 2.20. The molecule has 0 radical (unpaired) electrons. The lowest BCUT2D eigenvalue weighted by molar-refractivity contribution is 0.0586. The molecule has 0 bridgehead atoms. The molecule has 2 heterocycles. The number of rotatable bonds is 7. The van der Waals surface area contributed by atoms with E-state index in [1.54, 1.807) is 19.6 Å². The monoisotopic (exact) mass is 378 g/mol. The van der Waals surface area contributed by atoms with Crippen LogP contribution in [0.3, 0.4) is 0 Å². The topological polar surface area (TPSA) is 107 Å². The van der Waals surface area contributed by atoms with E-state index in [-0.39, 0.29) is 0 Å². The largest absolute Gasteiger partial charge is 0.381 e. The highest BCUT2D eigenvalue weighted by molar-refractivity contribution is 5.77. The van der Waals surface area contributed by atoms with Gasteiger partial charge in [-0.3, -0.25) is 9.98 Å². The Kier molecular flexibility index (Phi) is 11.2. The molecule has 0 aliphatic carbocycles. The third kappa shape index (κ3) is 8.92. The Bertz CT molecular complexity index is 606. The van der Waals surface area contributed by atoms with Crippen LogP contribution >= 0.6 is 0 Å². The van der Waals surface area contributed by atoms with Gasteiger partial charge in [0, 0.05) is 32.8 Å². The van der Waals surface area contributed by atoms with Gasteiger partial charge < -0.3 is 20.5 Å². The normalized spacial score (nSPS) is 19.8. The maximum Gasteiger partial charge on any atom is 0.188 e. The van der Waals surface area contributed by atoms with E-state index in [0.717, 1.165) is 49.5 Å². The van der Waals surface area contributed by atoms with Gasteiger partial charge in [-0.15, -0.1) is 0 Å².